The number of amides is 1. The highest BCUT2D eigenvalue weighted by Gasteiger charge is 2.17. The van der Waals surface area contributed by atoms with Gasteiger partial charge in [0.15, 0.2) is 0 Å². The van der Waals surface area contributed by atoms with Crippen LogP contribution in [-0.4, -0.2) is 17.0 Å². The molecule has 0 aromatic heterocycles. The van der Waals surface area contributed by atoms with Crippen molar-refractivity contribution in [3.8, 4) is 0 Å². The third-order valence-corrected chi connectivity index (χ3v) is 3.31. The van der Waals surface area contributed by atoms with Gasteiger partial charge in [0.1, 0.15) is 0 Å². The molecule has 0 heterocycles. The summed E-state index contributed by atoms with van der Waals surface area (Å²) in [6.07, 6.45) is -0.209. The summed E-state index contributed by atoms with van der Waals surface area (Å²) in [6.45, 7) is 11.6. The number of benzene rings is 1. The van der Waals surface area contributed by atoms with E-state index in [1.54, 1.807) is 0 Å². The maximum Gasteiger partial charge on any atom is 0.331 e. The zero-order valence-electron chi connectivity index (χ0n) is 13.1. The van der Waals surface area contributed by atoms with Gasteiger partial charge in [0.2, 0.25) is 5.91 Å². The van der Waals surface area contributed by atoms with Crippen molar-refractivity contribution in [2.45, 2.75) is 46.0 Å². The van der Waals surface area contributed by atoms with Crippen LogP contribution in [-0.2, 0) is 9.59 Å². The number of rotatable bonds is 6. The molecule has 0 aliphatic carbocycles. The van der Waals surface area contributed by atoms with Crippen LogP contribution in [0.25, 0.3) is 0 Å². The molecule has 1 aromatic carbocycles. The van der Waals surface area contributed by atoms with Crippen molar-refractivity contribution in [1.82, 2.24) is 0 Å². The molecule has 0 atom stereocenters. The van der Waals surface area contributed by atoms with Gasteiger partial charge in [0.05, 0.1) is 6.42 Å². The first kappa shape index (κ1) is 17.0. The van der Waals surface area contributed by atoms with E-state index in [-0.39, 0.29) is 29.7 Å². The van der Waals surface area contributed by atoms with Crippen molar-refractivity contribution in [1.29, 1.82) is 0 Å². The zero-order valence-corrected chi connectivity index (χ0v) is 13.1. The molecule has 114 valence electrons. The monoisotopic (exact) mass is 289 g/mol. The second kappa shape index (κ2) is 7.07. The Labute approximate surface area is 125 Å². The van der Waals surface area contributed by atoms with Gasteiger partial charge in [-0.3, -0.25) is 4.79 Å². The summed E-state index contributed by atoms with van der Waals surface area (Å²) in [7, 11) is 0. The zero-order chi connectivity index (χ0) is 16.2. The minimum atomic E-state index is -1.15. The van der Waals surface area contributed by atoms with Gasteiger partial charge < -0.3 is 10.4 Å². The van der Waals surface area contributed by atoms with E-state index in [2.05, 4.69) is 39.6 Å². The molecule has 4 nitrogen and oxygen atoms in total. The highest BCUT2D eigenvalue weighted by Crippen LogP contribution is 2.32. The smallest absolute Gasteiger partial charge is 0.331 e. The van der Waals surface area contributed by atoms with E-state index in [1.807, 2.05) is 18.2 Å². The van der Waals surface area contributed by atoms with Crippen LogP contribution in [0.4, 0.5) is 5.69 Å². The van der Waals surface area contributed by atoms with Gasteiger partial charge in [-0.2, -0.15) is 0 Å². The van der Waals surface area contributed by atoms with Crippen molar-refractivity contribution in [3.63, 3.8) is 0 Å². The number of hydrogen-bond acceptors (Lipinski definition) is 2. The third-order valence-electron chi connectivity index (χ3n) is 3.31. The van der Waals surface area contributed by atoms with Crippen LogP contribution >= 0.6 is 0 Å². The van der Waals surface area contributed by atoms with E-state index >= 15 is 0 Å². The van der Waals surface area contributed by atoms with Crippen LogP contribution in [0.5, 0.6) is 0 Å². The molecular weight excluding hydrogens is 266 g/mol. The Bertz CT molecular complexity index is 533. The van der Waals surface area contributed by atoms with Crippen molar-refractivity contribution in [2.75, 3.05) is 5.32 Å². The Balaban J connectivity index is 3.08. The number of nitrogens with one attached hydrogen (secondary N) is 1. The minimum absolute atomic E-state index is 0.111. The highest BCUT2D eigenvalue weighted by atomic mass is 16.4. The first-order valence-corrected chi connectivity index (χ1v) is 7.07. The fourth-order valence-corrected chi connectivity index (χ4v) is 2.15. The molecular formula is C17H23NO3. The molecule has 0 aliphatic rings. The van der Waals surface area contributed by atoms with Crippen LogP contribution in [0, 0.1) is 0 Å². The SMILES string of the molecule is C=C(CC(=O)Nc1c(C(C)C)cccc1C(C)C)C(=O)O. The molecule has 0 radical (unpaired) electrons. The van der Waals surface area contributed by atoms with E-state index < -0.39 is 5.97 Å². The first-order chi connectivity index (χ1) is 9.73. The van der Waals surface area contributed by atoms with Gasteiger partial charge in [-0.1, -0.05) is 52.5 Å². The van der Waals surface area contributed by atoms with E-state index in [9.17, 15) is 9.59 Å². The third kappa shape index (κ3) is 4.45. The van der Waals surface area contributed by atoms with Crippen molar-refractivity contribution < 1.29 is 14.7 Å². The fourth-order valence-electron chi connectivity index (χ4n) is 2.15. The molecule has 21 heavy (non-hydrogen) atoms. The number of carboxylic acids is 1. The largest absolute Gasteiger partial charge is 0.478 e. The van der Waals surface area contributed by atoms with Crippen LogP contribution < -0.4 is 5.32 Å². The summed E-state index contributed by atoms with van der Waals surface area (Å²) in [6, 6.07) is 5.95. The van der Waals surface area contributed by atoms with Gasteiger partial charge in [-0.15, -0.1) is 0 Å². The average molecular weight is 289 g/mol. The maximum atomic E-state index is 12.0. The predicted molar refractivity (Wildman–Crippen MR) is 84.6 cm³/mol. The van der Waals surface area contributed by atoms with Crippen molar-refractivity contribution in [2.24, 2.45) is 0 Å². The number of hydrogen-bond donors (Lipinski definition) is 2. The number of anilines is 1. The van der Waals surface area contributed by atoms with Crippen LogP contribution in [0.3, 0.4) is 0 Å². The summed E-state index contributed by atoms with van der Waals surface area (Å²) in [5.74, 6) is -0.966. The number of carbonyl (C=O) groups excluding carboxylic acids is 1. The Kier molecular flexibility index (Phi) is 5.70. The summed E-state index contributed by atoms with van der Waals surface area (Å²) in [5.41, 5.74) is 2.79. The molecule has 0 fully saturated rings. The van der Waals surface area contributed by atoms with Crippen molar-refractivity contribution in [3.05, 3.63) is 41.5 Å². The summed E-state index contributed by atoms with van der Waals surface area (Å²) in [5, 5.41) is 11.7. The van der Waals surface area contributed by atoms with E-state index in [0.717, 1.165) is 16.8 Å². The minimum Gasteiger partial charge on any atom is -0.478 e. The molecule has 1 rings (SSSR count). The average Bonchev–Trinajstić information content (AvgIpc) is 2.37. The van der Waals surface area contributed by atoms with Crippen molar-refractivity contribution >= 4 is 17.6 Å². The lowest BCUT2D eigenvalue weighted by molar-refractivity contribution is -0.133. The molecule has 0 aliphatic heterocycles. The second-order valence-corrected chi connectivity index (χ2v) is 5.75. The molecule has 0 saturated carbocycles. The Morgan fingerprint density at radius 3 is 2.00 bits per heavy atom. The van der Waals surface area contributed by atoms with Crippen LogP contribution in [0.15, 0.2) is 30.4 Å². The van der Waals surface area contributed by atoms with Gasteiger partial charge in [0, 0.05) is 11.3 Å². The molecule has 0 unspecified atom stereocenters. The van der Waals surface area contributed by atoms with Crippen LogP contribution in [0.1, 0.15) is 57.1 Å². The molecule has 4 heteroatoms. The molecule has 0 saturated heterocycles. The number of carbonyl (C=O) groups is 2. The van der Waals surface area contributed by atoms with E-state index in [4.69, 9.17) is 5.11 Å². The van der Waals surface area contributed by atoms with Gasteiger partial charge in [-0.05, 0) is 23.0 Å². The summed E-state index contributed by atoms with van der Waals surface area (Å²) in [4.78, 5) is 22.8. The maximum absolute atomic E-state index is 12.0. The van der Waals surface area contributed by atoms with Gasteiger partial charge in [-0.25, -0.2) is 4.79 Å². The number of carboxylic acid groups (broad SMARTS) is 1. The van der Waals surface area contributed by atoms with E-state index in [0.29, 0.717) is 0 Å². The standard InChI is InChI=1S/C17H23NO3/c1-10(2)13-7-6-8-14(11(3)4)16(13)18-15(19)9-12(5)17(20)21/h6-8,10-11H,5,9H2,1-4H3,(H,18,19)(H,20,21). The number of aliphatic carboxylic acids is 1. The van der Waals surface area contributed by atoms with Gasteiger partial charge >= 0.3 is 5.97 Å². The predicted octanol–water partition coefficient (Wildman–Crippen LogP) is 3.90. The number of para-hydroxylation sites is 1. The lowest BCUT2D eigenvalue weighted by Gasteiger charge is -2.20. The highest BCUT2D eigenvalue weighted by molar-refractivity contribution is 5.99. The fraction of sp³-hybridized carbons (Fsp3) is 0.412. The Morgan fingerprint density at radius 2 is 1.62 bits per heavy atom. The van der Waals surface area contributed by atoms with E-state index in [1.165, 1.54) is 0 Å². The summed E-state index contributed by atoms with van der Waals surface area (Å²) >= 11 is 0. The molecule has 1 amide bonds. The Morgan fingerprint density at radius 1 is 1.14 bits per heavy atom. The molecule has 1 aromatic rings. The van der Waals surface area contributed by atoms with Crippen LogP contribution in [0.2, 0.25) is 0 Å². The van der Waals surface area contributed by atoms with Gasteiger partial charge in [0.25, 0.3) is 0 Å². The summed E-state index contributed by atoms with van der Waals surface area (Å²) < 4.78 is 0. The first-order valence-electron chi connectivity index (χ1n) is 7.07. The molecule has 2 N–H and O–H groups in total. The second-order valence-electron chi connectivity index (χ2n) is 5.75. The molecule has 0 spiro atoms. The lowest BCUT2D eigenvalue weighted by atomic mass is 9.92. The lowest BCUT2D eigenvalue weighted by Crippen LogP contribution is -2.17. The molecule has 0 bridgehead atoms. The topological polar surface area (TPSA) is 66.4 Å². The normalized spacial score (nSPS) is 10.8. The Hall–Kier alpha value is -2.10. The quantitative estimate of drug-likeness (QED) is 0.780.